The number of aryl methyl sites for hydroxylation is 1. The lowest BCUT2D eigenvalue weighted by molar-refractivity contribution is 0.0963. The highest BCUT2D eigenvalue weighted by Gasteiger charge is 2.13. The van der Waals surface area contributed by atoms with Crippen LogP contribution in [-0.4, -0.2) is 48.0 Å². The third-order valence-corrected chi connectivity index (χ3v) is 3.61. The van der Waals surface area contributed by atoms with Gasteiger partial charge in [0.1, 0.15) is 0 Å². The minimum atomic E-state index is -0.481. The number of urea groups is 1. The normalized spacial score (nSPS) is 10.5. The van der Waals surface area contributed by atoms with Crippen molar-refractivity contribution in [3.8, 4) is 0 Å². The minimum Gasteiger partial charge on any atom is -0.337 e. The van der Waals surface area contributed by atoms with E-state index in [2.05, 4.69) is 34.4 Å². The van der Waals surface area contributed by atoms with Crippen LogP contribution in [0.5, 0.6) is 0 Å². The lowest BCUT2D eigenvalue weighted by atomic mass is 10.4. The van der Waals surface area contributed by atoms with Crippen molar-refractivity contribution < 1.29 is 9.59 Å². The van der Waals surface area contributed by atoms with Crippen molar-refractivity contribution in [2.24, 2.45) is 0 Å². The van der Waals surface area contributed by atoms with Gasteiger partial charge in [0.2, 0.25) is 0 Å². The van der Waals surface area contributed by atoms with Crippen molar-refractivity contribution >= 4 is 23.3 Å². The molecule has 0 atom stereocenters. The molecule has 1 aromatic heterocycles. The van der Waals surface area contributed by atoms with Crippen molar-refractivity contribution in [2.75, 3.05) is 26.2 Å². The molecule has 0 aromatic carbocycles. The molecular formula is C12H20N4O2S. The summed E-state index contributed by atoms with van der Waals surface area (Å²) in [5.41, 5.74) is 0.775. The molecule has 1 heterocycles. The third kappa shape index (κ3) is 5.35. The Balaban J connectivity index is 2.29. The summed E-state index contributed by atoms with van der Waals surface area (Å²) in [5, 5.41) is 6.99. The van der Waals surface area contributed by atoms with Crippen molar-refractivity contribution in [2.45, 2.75) is 20.8 Å². The zero-order chi connectivity index (χ0) is 14.3. The molecular weight excluding hydrogens is 264 g/mol. The Kier molecular flexibility index (Phi) is 6.44. The Labute approximate surface area is 117 Å². The van der Waals surface area contributed by atoms with Gasteiger partial charge in [-0.15, -0.1) is 11.3 Å². The number of rotatable bonds is 6. The molecule has 0 aliphatic rings. The Hall–Kier alpha value is -1.47. The smallest absolute Gasteiger partial charge is 0.321 e. The first kappa shape index (κ1) is 15.6. The molecule has 2 N–H and O–H groups in total. The molecule has 0 spiro atoms. The third-order valence-electron chi connectivity index (χ3n) is 2.65. The highest BCUT2D eigenvalue weighted by Crippen LogP contribution is 2.07. The van der Waals surface area contributed by atoms with E-state index in [1.54, 1.807) is 12.3 Å². The first-order valence-corrected chi connectivity index (χ1v) is 7.18. The lowest BCUT2D eigenvalue weighted by Gasteiger charge is -2.17. The van der Waals surface area contributed by atoms with Gasteiger partial charge in [-0.3, -0.25) is 10.1 Å². The Morgan fingerprint density at radius 2 is 2.05 bits per heavy atom. The number of imide groups is 1. The molecule has 0 fully saturated rings. The molecule has 0 saturated heterocycles. The maximum Gasteiger partial charge on any atom is 0.321 e. The molecule has 0 aliphatic carbocycles. The summed E-state index contributed by atoms with van der Waals surface area (Å²) in [6.07, 6.45) is 0. The zero-order valence-electron chi connectivity index (χ0n) is 11.5. The molecule has 0 bridgehead atoms. The van der Waals surface area contributed by atoms with Gasteiger partial charge < -0.3 is 10.2 Å². The van der Waals surface area contributed by atoms with E-state index in [0.29, 0.717) is 11.6 Å². The van der Waals surface area contributed by atoms with Crippen LogP contribution in [0.25, 0.3) is 0 Å². The molecule has 1 aromatic rings. The van der Waals surface area contributed by atoms with Crippen molar-refractivity contribution in [1.82, 2.24) is 20.5 Å². The number of amides is 3. The van der Waals surface area contributed by atoms with Crippen molar-refractivity contribution in [3.05, 3.63) is 16.1 Å². The van der Waals surface area contributed by atoms with Crippen LogP contribution in [0.15, 0.2) is 5.38 Å². The summed E-state index contributed by atoms with van der Waals surface area (Å²) < 4.78 is 0. The average Bonchev–Trinajstić information content (AvgIpc) is 2.81. The maximum atomic E-state index is 11.6. The Morgan fingerprint density at radius 1 is 1.37 bits per heavy atom. The summed E-state index contributed by atoms with van der Waals surface area (Å²) in [6.45, 7) is 9.10. The number of thiazole rings is 1. The molecule has 0 saturated carbocycles. The molecule has 0 unspecified atom stereocenters. The predicted molar refractivity (Wildman–Crippen MR) is 75.5 cm³/mol. The van der Waals surface area contributed by atoms with E-state index in [0.717, 1.165) is 25.3 Å². The molecule has 0 aliphatic heterocycles. The summed E-state index contributed by atoms with van der Waals surface area (Å²) in [5.74, 6) is -0.460. The summed E-state index contributed by atoms with van der Waals surface area (Å²) >= 11 is 1.22. The van der Waals surface area contributed by atoms with E-state index in [1.165, 1.54) is 11.3 Å². The standard InChI is InChI=1S/C12H20N4O2S/c1-4-16(5-2)7-6-13-12(18)15-10(17)11-14-9(3)8-19-11/h8H,4-7H2,1-3H3,(H2,13,15,17,18). The highest BCUT2D eigenvalue weighted by atomic mass is 32.1. The van der Waals surface area contributed by atoms with Gasteiger partial charge >= 0.3 is 6.03 Å². The molecule has 106 valence electrons. The van der Waals surface area contributed by atoms with Gasteiger partial charge in [0, 0.05) is 24.2 Å². The van der Waals surface area contributed by atoms with Crippen LogP contribution in [0.3, 0.4) is 0 Å². The van der Waals surface area contributed by atoms with Gasteiger partial charge in [0.15, 0.2) is 5.01 Å². The second-order valence-electron chi connectivity index (χ2n) is 4.03. The molecule has 19 heavy (non-hydrogen) atoms. The largest absolute Gasteiger partial charge is 0.337 e. The second-order valence-corrected chi connectivity index (χ2v) is 4.89. The lowest BCUT2D eigenvalue weighted by Crippen LogP contribution is -2.42. The van der Waals surface area contributed by atoms with E-state index in [-0.39, 0.29) is 0 Å². The minimum absolute atomic E-state index is 0.302. The highest BCUT2D eigenvalue weighted by molar-refractivity contribution is 7.11. The van der Waals surface area contributed by atoms with E-state index < -0.39 is 11.9 Å². The number of likely N-dealkylation sites (N-methyl/N-ethyl adjacent to an activating group) is 1. The zero-order valence-corrected chi connectivity index (χ0v) is 12.3. The molecule has 7 heteroatoms. The summed E-state index contributed by atoms with van der Waals surface area (Å²) in [7, 11) is 0. The van der Waals surface area contributed by atoms with E-state index in [9.17, 15) is 9.59 Å². The number of nitrogens with zero attached hydrogens (tertiary/aromatic N) is 2. The van der Waals surface area contributed by atoms with Crippen LogP contribution >= 0.6 is 11.3 Å². The first-order chi connectivity index (χ1) is 9.06. The molecule has 3 amide bonds. The first-order valence-electron chi connectivity index (χ1n) is 6.30. The van der Waals surface area contributed by atoms with Gasteiger partial charge in [0.05, 0.1) is 0 Å². The number of carbonyl (C=O) groups is 2. The van der Waals surface area contributed by atoms with Crippen LogP contribution in [-0.2, 0) is 0 Å². The predicted octanol–water partition coefficient (Wildman–Crippen LogP) is 1.23. The van der Waals surface area contributed by atoms with E-state index >= 15 is 0 Å². The maximum absolute atomic E-state index is 11.6. The fourth-order valence-corrected chi connectivity index (χ4v) is 2.22. The van der Waals surface area contributed by atoms with Crippen LogP contribution in [0.1, 0.15) is 29.3 Å². The summed E-state index contributed by atoms with van der Waals surface area (Å²) in [4.78, 5) is 29.4. The van der Waals surface area contributed by atoms with Crippen LogP contribution in [0, 0.1) is 6.92 Å². The number of nitrogens with one attached hydrogen (secondary N) is 2. The van der Waals surface area contributed by atoms with Crippen molar-refractivity contribution in [3.63, 3.8) is 0 Å². The van der Waals surface area contributed by atoms with Gasteiger partial charge in [-0.1, -0.05) is 13.8 Å². The molecule has 0 radical (unpaired) electrons. The number of hydrogen-bond donors (Lipinski definition) is 2. The van der Waals surface area contributed by atoms with Gasteiger partial charge in [-0.05, 0) is 20.0 Å². The summed E-state index contributed by atoms with van der Waals surface area (Å²) in [6, 6.07) is -0.481. The number of carbonyl (C=O) groups excluding carboxylic acids is 2. The van der Waals surface area contributed by atoms with E-state index in [1.807, 2.05) is 0 Å². The number of aromatic nitrogens is 1. The quantitative estimate of drug-likeness (QED) is 0.824. The van der Waals surface area contributed by atoms with Crippen LogP contribution in [0.4, 0.5) is 4.79 Å². The Morgan fingerprint density at radius 3 is 2.58 bits per heavy atom. The van der Waals surface area contributed by atoms with Gasteiger partial charge in [0.25, 0.3) is 5.91 Å². The monoisotopic (exact) mass is 284 g/mol. The van der Waals surface area contributed by atoms with Crippen molar-refractivity contribution in [1.29, 1.82) is 0 Å². The van der Waals surface area contributed by atoms with Gasteiger partial charge in [-0.25, -0.2) is 9.78 Å². The topological polar surface area (TPSA) is 74.3 Å². The molecule has 6 nitrogen and oxygen atoms in total. The fraction of sp³-hybridized carbons (Fsp3) is 0.583. The average molecular weight is 284 g/mol. The number of hydrogen-bond acceptors (Lipinski definition) is 5. The van der Waals surface area contributed by atoms with Gasteiger partial charge in [-0.2, -0.15) is 0 Å². The van der Waals surface area contributed by atoms with E-state index in [4.69, 9.17) is 0 Å². The SMILES string of the molecule is CCN(CC)CCNC(=O)NC(=O)c1nc(C)cs1. The molecule has 1 rings (SSSR count). The van der Waals surface area contributed by atoms with Crippen LogP contribution in [0.2, 0.25) is 0 Å². The van der Waals surface area contributed by atoms with Crippen LogP contribution < -0.4 is 10.6 Å². The Bertz CT molecular complexity index is 429. The fourth-order valence-electron chi connectivity index (χ4n) is 1.53. The second kappa shape index (κ2) is 7.85.